The number of carbonyl (C=O) groups excluding carboxylic acids is 2. The topological polar surface area (TPSA) is 69.0 Å². The minimum atomic E-state index is -0.548. The molecule has 3 saturated carbocycles. The molecule has 0 N–H and O–H groups in total. The van der Waals surface area contributed by atoms with Crippen molar-refractivity contribution >= 4 is 11.8 Å². The van der Waals surface area contributed by atoms with Gasteiger partial charge in [-0.2, -0.15) is 0 Å². The Labute approximate surface area is 202 Å². The molecule has 5 nitrogen and oxygen atoms in total. The van der Waals surface area contributed by atoms with Gasteiger partial charge >= 0.3 is 5.97 Å². The highest BCUT2D eigenvalue weighted by atomic mass is 16.6. The first-order valence-corrected chi connectivity index (χ1v) is 12.9. The quantitative estimate of drug-likeness (QED) is 0.404. The molecule has 1 aromatic rings. The summed E-state index contributed by atoms with van der Waals surface area (Å²) in [7, 11) is 0. The minimum absolute atomic E-state index is 0.0704. The second-order valence-corrected chi connectivity index (χ2v) is 13.2. The Morgan fingerprint density at radius 2 is 1.88 bits per heavy atom. The fourth-order valence-corrected chi connectivity index (χ4v) is 9.96. The standard InChI is InChI=1S/C29H38O5/c1-17(30)33-23-15-27(6)24(2,3)21(31)9-12-26(27,5)20-8-11-25(4)19(18-10-13-32-16-18)14-22-29(25,34-22)28(20,23)7/h9-10,12-13,16,19-20,22-23H,8,11,14-15H2,1-7H3. The van der Waals surface area contributed by atoms with E-state index in [1.165, 1.54) is 12.5 Å². The van der Waals surface area contributed by atoms with Crippen LogP contribution >= 0.6 is 0 Å². The molecule has 1 aromatic heterocycles. The van der Waals surface area contributed by atoms with E-state index in [1.807, 2.05) is 12.3 Å². The summed E-state index contributed by atoms with van der Waals surface area (Å²) >= 11 is 0. The molecule has 4 fully saturated rings. The summed E-state index contributed by atoms with van der Waals surface area (Å²) in [6.07, 6.45) is 11.2. The van der Waals surface area contributed by atoms with Crippen LogP contribution in [-0.2, 0) is 19.1 Å². The number of esters is 1. The second kappa shape index (κ2) is 6.27. The number of fused-ring (bicyclic) bond motifs is 3. The van der Waals surface area contributed by atoms with Crippen LogP contribution in [0, 0.1) is 33.0 Å². The highest BCUT2D eigenvalue weighted by Gasteiger charge is 2.88. The number of carbonyl (C=O) groups is 2. The normalized spacial score (nSPS) is 52.3. The molecule has 4 aliphatic carbocycles. The van der Waals surface area contributed by atoms with Crippen molar-refractivity contribution in [3.63, 3.8) is 0 Å². The fourth-order valence-electron chi connectivity index (χ4n) is 9.96. The molecule has 34 heavy (non-hydrogen) atoms. The Balaban J connectivity index is 1.54. The van der Waals surface area contributed by atoms with Crippen LogP contribution in [0.5, 0.6) is 0 Å². The van der Waals surface area contributed by atoms with Gasteiger partial charge in [-0.1, -0.05) is 47.6 Å². The van der Waals surface area contributed by atoms with E-state index in [0.29, 0.717) is 12.3 Å². The van der Waals surface area contributed by atoms with Crippen LogP contribution in [0.25, 0.3) is 0 Å². The first-order valence-electron chi connectivity index (χ1n) is 12.9. The average molecular weight is 467 g/mol. The van der Waals surface area contributed by atoms with Gasteiger partial charge in [0, 0.05) is 23.2 Å². The van der Waals surface area contributed by atoms with Gasteiger partial charge in [0.1, 0.15) is 11.7 Å². The lowest BCUT2D eigenvalue weighted by Gasteiger charge is -2.71. The van der Waals surface area contributed by atoms with Gasteiger partial charge in [0.05, 0.1) is 18.6 Å². The number of ketones is 1. The number of allylic oxidation sites excluding steroid dienone is 2. The third kappa shape index (κ3) is 2.15. The number of epoxide rings is 1. The molecular weight excluding hydrogens is 428 g/mol. The fraction of sp³-hybridized carbons (Fsp3) is 0.724. The van der Waals surface area contributed by atoms with Gasteiger partial charge in [-0.15, -0.1) is 0 Å². The SMILES string of the molecule is CC(=O)OC1CC2(C)C(C)(C)C(=O)C=CC2(C)C2CCC3(C)C(c4ccoc4)CC4OC43C12C. The number of rotatable bonds is 2. The van der Waals surface area contributed by atoms with Crippen molar-refractivity contribution in [2.24, 2.45) is 33.0 Å². The van der Waals surface area contributed by atoms with Crippen molar-refractivity contribution in [2.45, 2.75) is 97.9 Å². The van der Waals surface area contributed by atoms with Crippen LogP contribution < -0.4 is 0 Å². The highest BCUT2D eigenvalue weighted by molar-refractivity contribution is 5.96. The predicted molar refractivity (Wildman–Crippen MR) is 127 cm³/mol. The van der Waals surface area contributed by atoms with E-state index >= 15 is 0 Å². The Hall–Kier alpha value is -1.88. The minimum Gasteiger partial charge on any atom is -0.472 e. The van der Waals surface area contributed by atoms with Gasteiger partial charge in [0.2, 0.25) is 0 Å². The van der Waals surface area contributed by atoms with Crippen LogP contribution in [0.4, 0.5) is 0 Å². The molecule has 0 bridgehead atoms. The first kappa shape index (κ1) is 22.6. The molecule has 2 heterocycles. The van der Waals surface area contributed by atoms with Gasteiger partial charge in [-0.05, 0) is 66.1 Å². The summed E-state index contributed by atoms with van der Waals surface area (Å²) in [5.74, 6) is 0.505. The number of ether oxygens (including phenoxy) is 2. The lowest BCUT2D eigenvalue weighted by Crippen LogP contribution is -2.73. The summed E-state index contributed by atoms with van der Waals surface area (Å²) in [5.41, 5.74) is -0.630. The van der Waals surface area contributed by atoms with Crippen molar-refractivity contribution in [1.82, 2.24) is 0 Å². The summed E-state index contributed by atoms with van der Waals surface area (Å²) in [5, 5.41) is 0. The third-order valence-electron chi connectivity index (χ3n) is 12.3. The lowest BCUT2D eigenvalue weighted by atomic mass is 9.32. The molecular formula is C29H38O5. The van der Waals surface area contributed by atoms with E-state index in [2.05, 4.69) is 53.7 Å². The van der Waals surface area contributed by atoms with Crippen molar-refractivity contribution in [1.29, 1.82) is 0 Å². The maximum atomic E-state index is 13.1. The molecule has 5 aliphatic rings. The Kier molecular flexibility index (Phi) is 4.16. The molecule has 9 unspecified atom stereocenters. The van der Waals surface area contributed by atoms with Gasteiger partial charge in [-0.25, -0.2) is 0 Å². The van der Waals surface area contributed by atoms with E-state index in [-0.39, 0.29) is 57.1 Å². The van der Waals surface area contributed by atoms with Crippen LogP contribution in [0.15, 0.2) is 35.2 Å². The summed E-state index contributed by atoms with van der Waals surface area (Å²) < 4.78 is 18.5. The van der Waals surface area contributed by atoms with Crippen molar-refractivity contribution in [2.75, 3.05) is 0 Å². The zero-order chi connectivity index (χ0) is 24.5. The summed E-state index contributed by atoms with van der Waals surface area (Å²) in [6.45, 7) is 15.0. The molecule has 9 atom stereocenters. The van der Waals surface area contributed by atoms with Crippen LogP contribution in [0.3, 0.4) is 0 Å². The van der Waals surface area contributed by atoms with E-state index in [1.54, 1.807) is 6.26 Å². The second-order valence-electron chi connectivity index (χ2n) is 13.2. The molecule has 5 heteroatoms. The Morgan fingerprint density at radius 1 is 1.15 bits per heavy atom. The van der Waals surface area contributed by atoms with Gasteiger partial charge in [-0.3, -0.25) is 9.59 Å². The molecule has 0 amide bonds. The zero-order valence-electron chi connectivity index (χ0n) is 21.6. The van der Waals surface area contributed by atoms with E-state index in [4.69, 9.17) is 13.9 Å². The van der Waals surface area contributed by atoms with E-state index in [9.17, 15) is 9.59 Å². The summed E-state index contributed by atoms with van der Waals surface area (Å²) in [4.78, 5) is 25.6. The van der Waals surface area contributed by atoms with Gasteiger partial charge in [0.25, 0.3) is 0 Å². The highest BCUT2D eigenvalue weighted by Crippen LogP contribution is 2.83. The molecule has 184 valence electrons. The average Bonchev–Trinajstić information content (AvgIpc) is 3.12. The Bertz CT molecular complexity index is 1100. The predicted octanol–water partition coefficient (Wildman–Crippen LogP) is 5.84. The lowest BCUT2D eigenvalue weighted by molar-refractivity contribution is -0.256. The molecule has 1 saturated heterocycles. The number of hydrogen-bond acceptors (Lipinski definition) is 5. The van der Waals surface area contributed by atoms with Crippen LogP contribution in [0.1, 0.15) is 85.6 Å². The van der Waals surface area contributed by atoms with Crippen LogP contribution in [-0.4, -0.2) is 29.6 Å². The Morgan fingerprint density at radius 3 is 2.53 bits per heavy atom. The number of hydrogen-bond donors (Lipinski definition) is 0. The molecule has 1 aliphatic heterocycles. The zero-order valence-corrected chi connectivity index (χ0v) is 21.6. The largest absolute Gasteiger partial charge is 0.472 e. The molecule has 0 radical (unpaired) electrons. The monoisotopic (exact) mass is 466 g/mol. The van der Waals surface area contributed by atoms with Crippen molar-refractivity contribution in [3.05, 3.63) is 36.3 Å². The molecule has 0 aromatic carbocycles. The van der Waals surface area contributed by atoms with Crippen LogP contribution in [0.2, 0.25) is 0 Å². The van der Waals surface area contributed by atoms with Crippen molar-refractivity contribution < 1.29 is 23.5 Å². The van der Waals surface area contributed by atoms with Gasteiger partial charge < -0.3 is 13.9 Å². The maximum Gasteiger partial charge on any atom is 0.302 e. The first-order chi connectivity index (χ1) is 15.8. The smallest absolute Gasteiger partial charge is 0.302 e. The van der Waals surface area contributed by atoms with Crippen molar-refractivity contribution in [3.8, 4) is 0 Å². The maximum absolute atomic E-state index is 13.1. The van der Waals surface area contributed by atoms with Gasteiger partial charge in [0.15, 0.2) is 5.78 Å². The van der Waals surface area contributed by atoms with E-state index in [0.717, 1.165) is 19.3 Å². The third-order valence-corrected chi connectivity index (χ3v) is 12.3. The summed E-state index contributed by atoms with van der Waals surface area (Å²) in [6, 6.07) is 2.10. The molecule has 1 spiro atoms. The molecule has 6 rings (SSSR count). The van der Waals surface area contributed by atoms with E-state index < -0.39 is 5.41 Å². The number of furan rings is 1.